The summed E-state index contributed by atoms with van der Waals surface area (Å²) in [5, 5.41) is 0. The lowest BCUT2D eigenvalue weighted by Gasteiger charge is -2.19. The third-order valence-corrected chi connectivity index (χ3v) is 4.14. The molecule has 0 atom stereocenters. The van der Waals surface area contributed by atoms with Gasteiger partial charge in [-0.1, -0.05) is 40.2 Å². The molecule has 3 nitrogen and oxygen atoms in total. The van der Waals surface area contributed by atoms with Crippen molar-refractivity contribution < 1.29 is 4.79 Å². The van der Waals surface area contributed by atoms with Crippen LogP contribution in [0.3, 0.4) is 0 Å². The van der Waals surface area contributed by atoms with Gasteiger partial charge in [-0.3, -0.25) is 4.79 Å². The predicted octanol–water partition coefficient (Wildman–Crippen LogP) is 3.12. The highest BCUT2D eigenvalue weighted by Gasteiger charge is 2.27. The third kappa shape index (κ3) is 2.12. The molecule has 1 heterocycles. The van der Waals surface area contributed by atoms with Gasteiger partial charge >= 0.3 is 0 Å². The van der Waals surface area contributed by atoms with Gasteiger partial charge in [-0.2, -0.15) is 0 Å². The van der Waals surface area contributed by atoms with E-state index in [0.29, 0.717) is 18.7 Å². The summed E-state index contributed by atoms with van der Waals surface area (Å²) in [4.78, 5) is 13.9. The zero-order chi connectivity index (χ0) is 13.4. The van der Waals surface area contributed by atoms with E-state index in [1.165, 1.54) is 0 Å². The smallest absolute Gasteiger partial charge is 0.231 e. The van der Waals surface area contributed by atoms with Crippen LogP contribution in [0, 0.1) is 0 Å². The van der Waals surface area contributed by atoms with Crippen molar-refractivity contribution >= 4 is 33.2 Å². The first-order valence-corrected chi connectivity index (χ1v) is 6.87. The van der Waals surface area contributed by atoms with E-state index in [2.05, 4.69) is 15.9 Å². The number of nitrogen functional groups attached to an aromatic ring is 1. The highest BCUT2D eigenvalue weighted by atomic mass is 79.9. The van der Waals surface area contributed by atoms with Crippen molar-refractivity contribution in [3.05, 3.63) is 58.1 Å². The molecule has 1 aliphatic rings. The van der Waals surface area contributed by atoms with E-state index in [9.17, 15) is 4.79 Å². The maximum absolute atomic E-state index is 12.1. The van der Waals surface area contributed by atoms with E-state index < -0.39 is 0 Å². The summed E-state index contributed by atoms with van der Waals surface area (Å²) < 4.78 is 0.935. The SMILES string of the molecule is Nc1cccc(Br)c1CN1C(=O)Cc2ccccc21. The summed E-state index contributed by atoms with van der Waals surface area (Å²) in [6.07, 6.45) is 0.473. The van der Waals surface area contributed by atoms with Crippen molar-refractivity contribution in [1.29, 1.82) is 0 Å². The van der Waals surface area contributed by atoms with Gasteiger partial charge in [-0.15, -0.1) is 0 Å². The second kappa shape index (κ2) is 4.70. The van der Waals surface area contributed by atoms with E-state index in [1.54, 1.807) is 4.90 Å². The van der Waals surface area contributed by atoms with Crippen molar-refractivity contribution in [2.75, 3.05) is 10.6 Å². The van der Waals surface area contributed by atoms with E-state index in [0.717, 1.165) is 21.3 Å². The molecule has 4 heteroatoms. The first-order chi connectivity index (χ1) is 9.16. The number of nitrogens with two attached hydrogens (primary N) is 1. The topological polar surface area (TPSA) is 46.3 Å². The minimum atomic E-state index is 0.122. The van der Waals surface area contributed by atoms with Crippen LogP contribution in [-0.2, 0) is 17.8 Å². The molecule has 2 aromatic carbocycles. The first kappa shape index (κ1) is 12.2. The normalized spacial score (nSPS) is 13.7. The van der Waals surface area contributed by atoms with Crippen molar-refractivity contribution in [1.82, 2.24) is 0 Å². The molecule has 2 N–H and O–H groups in total. The second-order valence-corrected chi connectivity index (χ2v) is 5.45. The maximum atomic E-state index is 12.1. The fourth-order valence-electron chi connectivity index (χ4n) is 2.39. The molecular weight excluding hydrogens is 304 g/mol. The van der Waals surface area contributed by atoms with Crippen LogP contribution < -0.4 is 10.6 Å². The number of rotatable bonds is 2. The van der Waals surface area contributed by atoms with Gasteiger partial charge in [-0.05, 0) is 23.8 Å². The van der Waals surface area contributed by atoms with Gasteiger partial charge in [0.2, 0.25) is 5.91 Å². The van der Waals surface area contributed by atoms with Gasteiger partial charge in [0.25, 0.3) is 0 Å². The summed E-state index contributed by atoms with van der Waals surface area (Å²) in [6, 6.07) is 13.6. The molecule has 0 spiro atoms. The monoisotopic (exact) mass is 316 g/mol. The molecule has 0 aromatic heterocycles. The summed E-state index contributed by atoms with van der Waals surface area (Å²) in [5.74, 6) is 0.122. The number of carbonyl (C=O) groups is 1. The molecule has 19 heavy (non-hydrogen) atoms. The van der Waals surface area contributed by atoms with Crippen molar-refractivity contribution in [3.63, 3.8) is 0 Å². The molecule has 0 fully saturated rings. The lowest BCUT2D eigenvalue weighted by molar-refractivity contribution is -0.117. The Labute approximate surface area is 120 Å². The van der Waals surface area contributed by atoms with Crippen LogP contribution >= 0.6 is 15.9 Å². The number of hydrogen-bond donors (Lipinski definition) is 1. The summed E-state index contributed by atoms with van der Waals surface area (Å²) >= 11 is 3.50. The van der Waals surface area contributed by atoms with E-state index in [1.807, 2.05) is 42.5 Å². The van der Waals surface area contributed by atoms with Crippen LogP contribution in [0.2, 0.25) is 0 Å². The molecular formula is C15H13BrN2O. The molecule has 2 aromatic rings. The number of para-hydroxylation sites is 1. The van der Waals surface area contributed by atoms with Crippen molar-refractivity contribution in [3.8, 4) is 0 Å². The van der Waals surface area contributed by atoms with Crippen molar-refractivity contribution in [2.45, 2.75) is 13.0 Å². The van der Waals surface area contributed by atoms with Gasteiger partial charge in [0.05, 0.1) is 13.0 Å². The van der Waals surface area contributed by atoms with Gasteiger partial charge < -0.3 is 10.6 Å². The van der Waals surface area contributed by atoms with Crippen LogP contribution in [0.15, 0.2) is 46.9 Å². The second-order valence-electron chi connectivity index (χ2n) is 4.59. The minimum Gasteiger partial charge on any atom is -0.398 e. The highest BCUT2D eigenvalue weighted by molar-refractivity contribution is 9.10. The number of anilines is 2. The fraction of sp³-hybridized carbons (Fsp3) is 0.133. The van der Waals surface area contributed by atoms with Gasteiger partial charge in [0, 0.05) is 21.4 Å². The molecule has 0 saturated heterocycles. The number of hydrogen-bond acceptors (Lipinski definition) is 2. The number of nitrogens with zero attached hydrogens (tertiary/aromatic N) is 1. The molecule has 96 valence electrons. The Morgan fingerprint density at radius 3 is 2.74 bits per heavy atom. The Balaban J connectivity index is 1.98. The van der Waals surface area contributed by atoms with E-state index >= 15 is 0 Å². The average molecular weight is 317 g/mol. The van der Waals surface area contributed by atoms with Gasteiger partial charge in [-0.25, -0.2) is 0 Å². The zero-order valence-corrected chi connectivity index (χ0v) is 11.9. The van der Waals surface area contributed by atoms with E-state index in [4.69, 9.17) is 5.73 Å². The zero-order valence-electron chi connectivity index (χ0n) is 10.3. The Kier molecular flexibility index (Phi) is 3.03. The lowest BCUT2D eigenvalue weighted by atomic mass is 10.1. The first-order valence-electron chi connectivity index (χ1n) is 6.08. The van der Waals surface area contributed by atoms with Crippen molar-refractivity contribution in [2.24, 2.45) is 0 Å². The number of halogens is 1. The van der Waals surface area contributed by atoms with Crippen LogP contribution in [0.5, 0.6) is 0 Å². The summed E-state index contributed by atoms with van der Waals surface area (Å²) in [6.45, 7) is 0.503. The molecule has 3 rings (SSSR count). The van der Waals surface area contributed by atoms with Crippen LogP contribution in [0.1, 0.15) is 11.1 Å². The molecule has 0 aliphatic carbocycles. The molecule has 0 saturated carbocycles. The Bertz CT molecular complexity index is 634. The average Bonchev–Trinajstić information content (AvgIpc) is 2.70. The number of fused-ring (bicyclic) bond motifs is 1. The van der Waals surface area contributed by atoms with Crippen LogP contribution in [0.4, 0.5) is 11.4 Å². The number of carbonyl (C=O) groups excluding carboxylic acids is 1. The number of benzene rings is 2. The molecule has 0 bridgehead atoms. The maximum Gasteiger partial charge on any atom is 0.231 e. The van der Waals surface area contributed by atoms with Crippen LogP contribution in [-0.4, -0.2) is 5.91 Å². The van der Waals surface area contributed by atoms with Crippen LogP contribution in [0.25, 0.3) is 0 Å². The Hall–Kier alpha value is -1.81. The minimum absolute atomic E-state index is 0.122. The molecule has 0 unspecified atom stereocenters. The third-order valence-electron chi connectivity index (χ3n) is 3.40. The lowest BCUT2D eigenvalue weighted by Crippen LogP contribution is -2.26. The Morgan fingerprint density at radius 1 is 1.16 bits per heavy atom. The molecule has 1 amide bonds. The molecule has 1 aliphatic heterocycles. The van der Waals surface area contributed by atoms with Gasteiger partial charge in [0.1, 0.15) is 0 Å². The predicted molar refractivity (Wildman–Crippen MR) is 79.9 cm³/mol. The molecule has 0 radical (unpaired) electrons. The van der Waals surface area contributed by atoms with Gasteiger partial charge in [0.15, 0.2) is 0 Å². The highest BCUT2D eigenvalue weighted by Crippen LogP contribution is 2.32. The fourth-order valence-corrected chi connectivity index (χ4v) is 2.90. The summed E-state index contributed by atoms with van der Waals surface area (Å²) in [5.41, 5.74) is 9.72. The summed E-state index contributed by atoms with van der Waals surface area (Å²) in [7, 11) is 0. The largest absolute Gasteiger partial charge is 0.398 e. The Morgan fingerprint density at radius 2 is 1.95 bits per heavy atom. The quantitative estimate of drug-likeness (QED) is 0.865. The van der Waals surface area contributed by atoms with E-state index in [-0.39, 0.29) is 5.91 Å². The standard InChI is InChI=1S/C15H13BrN2O/c16-12-5-3-6-13(17)11(12)9-18-14-7-2-1-4-10(14)8-15(18)19/h1-7H,8-9,17H2. The number of amides is 1.